The molecule has 0 N–H and O–H groups in total. The fourth-order valence-corrected chi connectivity index (χ4v) is 8.47. The Hall–Kier alpha value is -6.64. The van der Waals surface area contributed by atoms with Gasteiger partial charge >= 0.3 is 0 Å². The van der Waals surface area contributed by atoms with Crippen molar-refractivity contribution in [3.63, 3.8) is 0 Å². The molecule has 0 saturated heterocycles. The number of hydrogen-bond acceptors (Lipinski definition) is 2. The first-order valence-electron chi connectivity index (χ1n) is 18.3. The third-order valence-electron chi connectivity index (χ3n) is 11.0. The highest BCUT2D eigenvalue weighted by Crippen LogP contribution is 2.55. The number of hydrogen-bond donors (Lipinski definition) is 0. The fraction of sp³-hybridized carbons (Fsp3) is 0.0588. The van der Waals surface area contributed by atoms with E-state index in [1.54, 1.807) is 0 Å². The minimum atomic E-state index is -0.148. The van der Waals surface area contributed by atoms with Crippen LogP contribution in [0.25, 0.3) is 88.8 Å². The van der Waals surface area contributed by atoms with E-state index in [9.17, 15) is 0 Å². The molecule has 0 atom stereocenters. The lowest BCUT2D eigenvalue weighted by molar-refractivity contribution is 0.667. The maximum atomic E-state index is 5.09. The summed E-state index contributed by atoms with van der Waals surface area (Å²) in [6.45, 7) is 4.79. The van der Waals surface area contributed by atoms with Crippen LogP contribution in [0.4, 0.5) is 0 Å². The summed E-state index contributed by atoms with van der Waals surface area (Å²) in [5.41, 5.74) is 15.1. The lowest BCUT2D eigenvalue weighted by Crippen LogP contribution is -2.15. The molecule has 1 aromatic heterocycles. The highest BCUT2D eigenvalue weighted by atomic mass is 14.9. The van der Waals surface area contributed by atoms with Gasteiger partial charge in [0.1, 0.15) is 0 Å². The van der Waals surface area contributed by atoms with Gasteiger partial charge in [0.15, 0.2) is 5.82 Å². The van der Waals surface area contributed by atoms with Crippen molar-refractivity contribution in [2.45, 2.75) is 19.3 Å². The van der Waals surface area contributed by atoms with Crippen LogP contribution in [0.1, 0.15) is 25.0 Å². The van der Waals surface area contributed by atoms with Gasteiger partial charge < -0.3 is 0 Å². The Labute approximate surface area is 310 Å². The van der Waals surface area contributed by atoms with Crippen LogP contribution >= 0.6 is 0 Å². The Morgan fingerprint density at radius 1 is 0.358 bits per heavy atom. The molecule has 0 fully saturated rings. The molecule has 2 nitrogen and oxygen atoms in total. The smallest absolute Gasteiger partial charge is 0.160 e. The summed E-state index contributed by atoms with van der Waals surface area (Å²) in [5, 5.41) is 5.32. The molecular weight excluding hydrogens is 641 g/mol. The van der Waals surface area contributed by atoms with E-state index in [-0.39, 0.29) is 5.41 Å². The van der Waals surface area contributed by atoms with Crippen molar-refractivity contribution >= 4 is 21.5 Å². The molecule has 1 aliphatic carbocycles. The summed E-state index contributed by atoms with van der Waals surface area (Å²) in [4.78, 5) is 10.1. The average Bonchev–Trinajstić information content (AvgIpc) is 3.47. The fourth-order valence-electron chi connectivity index (χ4n) is 8.47. The molecule has 0 spiro atoms. The summed E-state index contributed by atoms with van der Waals surface area (Å²) < 4.78 is 0. The van der Waals surface area contributed by atoms with E-state index in [1.165, 1.54) is 60.5 Å². The highest BCUT2D eigenvalue weighted by molar-refractivity contribution is 6.18. The van der Waals surface area contributed by atoms with E-state index in [2.05, 4.69) is 172 Å². The van der Waals surface area contributed by atoms with Crippen molar-refractivity contribution in [2.75, 3.05) is 0 Å². The number of benzene rings is 8. The van der Waals surface area contributed by atoms with E-state index >= 15 is 0 Å². The molecule has 0 radical (unpaired) electrons. The SMILES string of the molecule is CC1(C)c2cc(-c3cccc(-c4cccc(-c5cc(-c6ccccc6)nc(-c6ccccc6)n5)c4)c3)ccc2-c2c1c1ccccc1c1ccccc21. The Morgan fingerprint density at radius 3 is 1.49 bits per heavy atom. The quantitative estimate of drug-likeness (QED) is 0.170. The van der Waals surface area contributed by atoms with Crippen molar-refractivity contribution < 1.29 is 0 Å². The van der Waals surface area contributed by atoms with Crippen molar-refractivity contribution in [1.82, 2.24) is 9.97 Å². The second kappa shape index (κ2) is 12.3. The number of fused-ring (bicyclic) bond motifs is 8. The van der Waals surface area contributed by atoms with Crippen LogP contribution in [0.5, 0.6) is 0 Å². The van der Waals surface area contributed by atoms with Gasteiger partial charge in [-0.3, -0.25) is 0 Å². The van der Waals surface area contributed by atoms with Gasteiger partial charge in [0.25, 0.3) is 0 Å². The van der Waals surface area contributed by atoms with Crippen LogP contribution in [-0.4, -0.2) is 9.97 Å². The first kappa shape index (κ1) is 31.1. The molecule has 10 rings (SSSR count). The molecule has 9 aromatic rings. The summed E-state index contributed by atoms with van der Waals surface area (Å²) >= 11 is 0. The monoisotopic (exact) mass is 676 g/mol. The molecule has 1 aliphatic rings. The van der Waals surface area contributed by atoms with Gasteiger partial charge in [-0.15, -0.1) is 0 Å². The summed E-state index contributed by atoms with van der Waals surface area (Å²) in [5.74, 6) is 0.719. The van der Waals surface area contributed by atoms with Gasteiger partial charge in [0, 0.05) is 22.1 Å². The lowest BCUT2D eigenvalue weighted by atomic mass is 9.78. The first-order valence-corrected chi connectivity index (χ1v) is 18.3. The Bertz CT molecular complexity index is 2790. The molecule has 53 heavy (non-hydrogen) atoms. The Balaban J connectivity index is 1.05. The maximum absolute atomic E-state index is 5.09. The third kappa shape index (κ3) is 5.18. The Kier molecular flexibility index (Phi) is 7.19. The number of nitrogens with zero attached hydrogens (tertiary/aromatic N) is 2. The zero-order chi connectivity index (χ0) is 35.5. The molecule has 0 unspecified atom stereocenters. The minimum Gasteiger partial charge on any atom is -0.228 e. The second-order valence-electron chi connectivity index (χ2n) is 14.6. The number of aromatic nitrogens is 2. The molecule has 8 aromatic carbocycles. The second-order valence-corrected chi connectivity index (χ2v) is 14.6. The predicted molar refractivity (Wildman–Crippen MR) is 222 cm³/mol. The topological polar surface area (TPSA) is 25.8 Å². The van der Waals surface area contributed by atoms with Crippen LogP contribution in [0.3, 0.4) is 0 Å². The first-order chi connectivity index (χ1) is 26.0. The molecule has 2 heteroatoms. The zero-order valence-electron chi connectivity index (χ0n) is 29.7. The van der Waals surface area contributed by atoms with Gasteiger partial charge in [-0.05, 0) is 90.3 Å². The zero-order valence-corrected chi connectivity index (χ0v) is 29.7. The van der Waals surface area contributed by atoms with Gasteiger partial charge in [-0.2, -0.15) is 0 Å². The van der Waals surface area contributed by atoms with Gasteiger partial charge in [-0.25, -0.2) is 9.97 Å². The molecule has 0 aliphatic heterocycles. The van der Waals surface area contributed by atoms with Crippen LogP contribution in [0.15, 0.2) is 182 Å². The minimum absolute atomic E-state index is 0.148. The van der Waals surface area contributed by atoms with Gasteiger partial charge in [0.05, 0.1) is 11.4 Å². The van der Waals surface area contributed by atoms with Crippen molar-refractivity contribution in [3.05, 3.63) is 193 Å². The Morgan fingerprint density at radius 2 is 0.830 bits per heavy atom. The maximum Gasteiger partial charge on any atom is 0.160 e. The normalized spacial score (nSPS) is 12.9. The van der Waals surface area contributed by atoms with Crippen molar-refractivity contribution in [3.8, 4) is 67.3 Å². The summed E-state index contributed by atoms with van der Waals surface area (Å²) in [7, 11) is 0. The van der Waals surface area contributed by atoms with Crippen LogP contribution < -0.4 is 0 Å². The molecule has 0 amide bonds. The summed E-state index contributed by atoms with van der Waals surface area (Å²) in [6, 6.07) is 65.3. The van der Waals surface area contributed by atoms with Gasteiger partial charge in [-0.1, -0.05) is 172 Å². The average molecular weight is 677 g/mol. The van der Waals surface area contributed by atoms with E-state index in [0.717, 1.165) is 39.5 Å². The molecular formula is C51H36N2. The predicted octanol–water partition coefficient (Wildman–Crippen LogP) is 13.4. The van der Waals surface area contributed by atoms with E-state index < -0.39 is 0 Å². The molecule has 1 heterocycles. The highest BCUT2D eigenvalue weighted by Gasteiger charge is 2.38. The molecule has 0 saturated carbocycles. The summed E-state index contributed by atoms with van der Waals surface area (Å²) in [6.07, 6.45) is 0. The van der Waals surface area contributed by atoms with Crippen molar-refractivity contribution in [1.29, 1.82) is 0 Å². The number of rotatable bonds is 5. The lowest BCUT2D eigenvalue weighted by Gasteiger charge is -2.24. The van der Waals surface area contributed by atoms with Crippen LogP contribution in [0, 0.1) is 0 Å². The molecule has 0 bridgehead atoms. The molecule has 250 valence electrons. The van der Waals surface area contributed by atoms with Crippen LogP contribution in [0.2, 0.25) is 0 Å². The largest absolute Gasteiger partial charge is 0.228 e. The van der Waals surface area contributed by atoms with E-state index in [0.29, 0.717) is 0 Å². The van der Waals surface area contributed by atoms with E-state index in [4.69, 9.17) is 9.97 Å². The van der Waals surface area contributed by atoms with E-state index in [1.807, 2.05) is 24.3 Å². The standard InChI is InChI=1S/C51H36N2/c1-51(2)45-31-38(27-28-44(45)48-42-25-11-9-23-40(42)41-24-10-12-26-43(41)49(48)51)36-20-13-19-35(29-36)37-21-14-22-39(30-37)47-32-46(33-15-5-3-6-16-33)52-50(53-47)34-17-7-4-8-18-34/h3-32H,1-2H3. The van der Waals surface area contributed by atoms with Crippen LogP contribution in [-0.2, 0) is 5.41 Å². The van der Waals surface area contributed by atoms with Gasteiger partial charge in [0.2, 0.25) is 0 Å². The van der Waals surface area contributed by atoms with Crippen molar-refractivity contribution in [2.24, 2.45) is 0 Å². The third-order valence-corrected chi connectivity index (χ3v) is 11.0.